The van der Waals surface area contributed by atoms with Gasteiger partial charge in [0.1, 0.15) is 5.69 Å². The van der Waals surface area contributed by atoms with Crippen LogP contribution in [0, 0.1) is 6.92 Å². The van der Waals surface area contributed by atoms with Crippen LogP contribution in [0.4, 0.5) is 11.5 Å². The van der Waals surface area contributed by atoms with E-state index >= 15 is 0 Å². The van der Waals surface area contributed by atoms with Crippen LogP contribution < -0.4 is 10.2 Å². The van der Waals surface area contributed by atoms with Crippen molar-refractivity contribution in [2.24, 2.45) is 0 Å². The lowest BCUT2D eigenvalue weighted by molar-refractivity contribution is 0.623. The third-order valence-electron chi connectivity index (χ3n) is 3.54. The highest BCUT2D eigenvalue weighted by atomic mass is 15.4. The first-order valence-electron chi connectivity index (χ1n) is 6.39. The van der Waals surface area contributed by atoms with Gasteiger partial charge in [-0.15, -0.1) is 0 Å². The topological polar surface area (TPSA) is 33.1 Å². The summed E-state index contributed by atoms with van der Waals surface area (Å²) in [5.74, 6) is 1.33. The zero-order valence-corrected chi connectivity index (χ0v) is 10.2. The number of hydrogen-bond donors (Lipinski definition) is 1. The van der Waals surface area contributed by atoms with Crippen LogP contribution in [0.25, 0.3) is 0 Å². The molecule has 1 aliphatic carbocycles. The lowest BCUT2D eigenvalue weighted by Crippen LogP contribution is -2.28. The van der Waals surface area contributed by atoms with Crippen LogP contribution in [0.5, 0.6) is 0 Å². The SMILES string of the molecule is CCn1nc(C)c2c1N(C1CC1)CCCN2. The van der Waals surface area contributed by atoms with Crippen LogP contribution in [0.2, 0.25) is 0 Å². The van der Waals surface area contributed by atoms with E-state index < -0.39 is 0 Å². The predicted molar refractivity (Wildman–Crippen MR) is 66.1 cm³/mol. The fourth-order valence-electron chi connectivity index (χ4n) is 2.60. The Hall–Kier alpha value is -1.19. The van der Waals surface area contributed by atoms with E-state index in [4.69, 9.17) is 0 Å². The van der Waals surface area contributed by atoms with Gasteiger partial charge in [-0.1, -0.05) is 0 Å². The average molecular weight is 220 g/mol. The Kier molecular flexibility index (Phi) is 2.30. The first-order valence-corrected chi connectivity index (χ1v) is 6.39. The molecule has 4 nitrogen and oxygen atoms in total. The van der Waals surface area contributed by atoms with Gasteiger partial charge in [0.05, 0.1) is 5.69 Å². The van der Waals surface area contributed by atoms with E-state index in [0.717, 1.165) is 24.8 Å². The molecule has 2 aliphatic rings. The molecule has 0 bridgehead atoms. The van der Waals surface area contributed by atoms with Gasteiger partial charge in [-0.2, -0.15) is 5.10 Å². The van der Waals surface area contributed by atoms with E-state index in [-0.39, 0.29) is 0 Å². The normalized spacial score (nSPS) is 20.2. The number of fused-ring (bicyclic) bond motifs is 1. The molecule has 3 rings (SSSR count). The summed E-state index contributed by atoms with van der Waals surface area (Å²) in [6, 6.07) is 0.778. The molecule has 1 saturated carbocycles. The molecular weight excluding hydrogens is 200 g/mol. The molecule has 1 aromatic rings. The number of rotatable bonds is 2. The minimum absolute atomic E-state index is 0.778. The van der Waals surface area contributed by atoms with Crippen molar-refractivity contribution in [2.75, 3.05) is 23.3 Å². The molecule has 0 amide bonds. The molecule has 0 radical (unpaired) electrons. The van der Waals surface area contributed by atoms with Crippen LogP contribution >= 0.6 is 0 Å². The Morgan fingerprint density at radius 2 is 2.25 bits per heavy atom. The van der Waals surface area contributed by atoms with Gasteiger partial charge in [0.25, 0.3) is 0 Å². The van der Waals surface area contributed by atoms with Crippen LogP contribution in [-0.4, -0.2) is 28.9 Å². The average Bonchev–Trinajstić information content (AvgIpc) is 3.07. The van der Waals surface area contributed by atoms with Crippen LogP contribution in [0.3, 0.4) is 0 Å². The van der Waals surface area contributed by atoms with E-state index in [1.807, 2.05) is 0 Å². The van der Waals surface area contributed by atoms with Crippen molar-refractivity contribution in [3.05, 3.63) is 5.69 Å². The number of aromatic nitrogens is 2. The third kappa shape index (κ3) is 1.47. The summed E-state index contributed by atoms with van der Waals surface area (Å²) in [5, 5.41) is 8.16. The van der Waals surface area contributed by atoms with Gasteiger partial charge in [-0.25, -0.2) is 4.68 Å². The standard InChI is InChI=1S/C12H20N4/c1-3-16-12-11(9(2)14-16)13-7-4-8-15(12)10-5-6-10/h10,13H,3-8H2,1-2H3. The Morgan fingerprint density at radius 3 is 2.94 bits per heavy atom. The molecule has 0 spiro atoms. The smallest absolute Gasteiger partial charge is 0.151 e. The quantitative estimate of drug-likeness (QED) is 0.827. The van der Waals surface area contributed by atoms with Crippen molar-refractivity contribution >= 4 is 11.5 Å². The van der Waals surface area contributed by atoms with E-state index in [9.17, 15) is 0 Å². The molecule has 1 aromatic heterocycles. The van der Waals surface area contributed by atoms with Gasteiger partial charge < -0.3 is 10.2 Å². The van der Waals surface area contributed by atoms with Crippen molar-refractivity contribution in [3.63, 3.8) is 0 Å². The predicted octanol–water partition coefficient (Wildman–Crippen LogP) is 2.00. The van der Waals surface area contributed by atoms with Crippen LogP contribution in [0.15, 0.2) is 0 Å². The molecule has 1 aliphatic heterocycles. The van der Waals surface area contributed by atoms with E-state index in [2.05, 4.69) is 33.8 Å². The summed E-state index contributed by atoms with van der Waals surface area (Å²) in [6.07, 6.45) is 3.94. The monoisotopic (exact) mass is 220 g/mol. The minimum Gasteiger partial charge on any atom is -0.380 e. The van der Waals surface area contributed by atoms with E-state index in [1.54, 1.807) is 0 Å². The van der Waals surface area contributed by atoms with Crippen molar-refractivity contribution in [1.29, 1.82) is 0 Å². The van der Waals surface area contributed by atoms with E-state index in [1.165, 1.54) is 37.3 Å². The molecule has 16 heavy (non-hydrogen) atoms. The van der Waals surface area contributed by atoms with Crippen molar-refractivity contribution in [1.82, 2.24) is 9.78 Å². The summed E-state index contributed by atoms with van der Waals surface area (Å²) in [7, 11) is 0. The maximum Gasteiger partial charge on any atom is 0.151 e. The van der Waals surface area contributed by atoms with Gasteiger partial charge in [0.15, 0.2) is 5.82 Å². The van der Waals surface area contributed by atoms with Gasteiger partial charge >= 0.3 is 0 Å². The Balaban J connectivity index is 2.06. The summed E-state index contributed by atoms with van der Waals surface area (Å²) in [5.41, 5.74) is 2.41. The number of anilines is 2. The molecule has 2 heterocycles. The lowest BCUT2D eigenvalue weighted by Gasteiger charge is -2.23. The Morgan fingerprint density at radius 1 is 1.44 bits per heavy atom. The maximum atomic E-state index is 4.63. The molecule has 0 atom stereocenters. The zero-order chi connectivity index (χ0) is 11.1. The number of nitrogens with zero attached hydrogens (tertiary/aromatic N) is 3. The lowest BCUT2D eigenvalue weighted by atomic mass is 10.3. The van der Waals surface area contributed by atoms with Gasteiger partial charge in [-0.3, -0.25) is 0 Å². The molecule has 0 unspecified atom stereocenters. The highest BCUT2D eigenvalue weighted by Crippen LogP contribution is 2.38. The Labute approximate surface area is 96.6 Å². The summed E-state index contributed by atoms with van der Waals surface area (Å²) < 4.78 is 2.15. The van der Waals surface area contributed by atoms with Gasteiger partial charge in [0, 0.05) is 25.7 Å². The fourth-order valence-corrected chi connectivity index (χ4v) is 2.60. The first kappa shape index (κ1) is 10.00. The second-order valence-electron chi connectivity index (χ2n) is 4.80. The summed E-state index contributed by atoms with van der Waals surface area (Å²) in [6.45, 7) is 7.49. The zero-order valence-electron chi connectivity index (χ0n) is 10.2. The van der Waals surface area contributed by atoms with Crippen molar-refractivity contribution in [3.8, 4) is 0 Å². The molecular formula is C12H20N4. The molecule has 1 N–H and O–H groups in total. The third-order valence-corrected chi connectivity index (χ3v) is 3.54. The van der Waals surface area contributed by atoms with Gasteiger partial charge in [0.2, 0.25) is 0 Å². The molecule has 1 fully saturated rings. The Bertz CT molecular complexity index is 392. The van der Waals surface area contributed by atoms with Crippen molar-refractivity contribution in [2.45, 2.75) is 45.7 Å². The number of nitrogens with one attached hydrogen (secondary N) is 1. The molecule has 0 aromatic carbocycles. The molecule has 88 valence electrons. The van der Waals surface area contributed by atoms with Crippen molar-refractivity contribution < 1.29 is 0 Å². The maximum absolute atomic E-state index is 4.63. The second kappa shape index (κ2) is 3.68. The number of aryl methyl sites for hydroxylation is 2. The first-order chi connectivity index (χ1) is 7.81. The molecule has 4 heteroatoms. The summed E-state index contributed by atoms with van der Waals surface area (Å²) in [4.78, 5) is 2.57. The highest BCUT2D eigenvalue weighted by Gasteiger charge is 2.34. The van der Waals surface area contributed by atoms with Gasteiger partial charge in [-0.05, 0) is 33.1 Å². The number of hydrogen-bond acceptors (Lipinski definition) is 3. The second-order valence-corrected chi connectivity index (χ2v) is 4.80. The fraction of sp³-hybridized carbons (Fsp3) is 0.750. The van der Waals surface area contributed by atoms with E-state index in [0.29, 0.717) is 0 Å². The largest absolute Gasteiger partial charge is 0.380 e. The van der Waals surface area contributed by atoms with Crippen LogP contribution in [-0.2, 0) is 6.54 Å². The highest BCUT2D eigenvalue weighted by molar-refractivity contribution is 5.70. The minimum atomic E-state index is 0.778. The summed E-state index contributed by atoms with van der Waals surface area (Å²) >= 11 is 0. The molecule has 0 saturated heterocycles. The van der Waals surface area contributed by atoms with Crippen LogP contribution in [0.1, 0.15) is 31.9 Å².